The van der Waals surface area contributed by atoms with Crippen molar-refractivity contribution in [3.63, 3.8) is 0 Å². The van der Waals surface area contributed by atoms with E-state index in [0.29, 0.717) is 37.9 Å². The van der Waals surface area contributed by atoms with Crippen LogP contribution in [0.2, 0.25) is 0 Å². The maximum Gasteiger partial charge on any atom is 0.416 e. The van der Waals surface area contributed by atoms with Crippen molar-refractivity contribution in [2.24, 2.45) is 33.5 Å². The lowest BCUT2D eigenvalue weighted by atomic mass is 9.32. The van der Waals surface area contributed by atoms with Crippen molar-refractivity contribution in [2.45, 2.75) is 83.2 Å². The molecular weight excluding hydrogens is 639 g/mol. The average Bonchev–Trinajstić information content (AvgIpc) is 3.58. The van der Waals surface area contributed by atoms with Gasteiger partial charge in [0.15, 0.2) is 5.78 Å². The van der Waals surface area contributed by atoms with Crippen LogP contribution >= 0.6 is 0 Å². The average molecular weight is 682 g/mol. The molecule has 2 bridgehead atoms. The molecule has 0 aromatic heterocycles. The number of alkyl halides is 3. The summed E-state index contributed by atoms with van der Waals surface area (Å²) in [6.45, 7) is 5.41. The lowest BCUT2D eigenvalue weighted by molar-refractivity contribution is -0.164. The largest absolute Gasteiger partial charge is 0.440 e. The second-order valence-electron chi connectivity index (χ2n) is 16.5. The Morgan fingerprint density at radius 3 is 2.46 bits per heavy atom. The highest BCUT2D eigenvalue weighted by Gasteiger charge is 2.76. The van der Waals surface area contributed by atoms with Crippen LogP contribution in [0.3, 0.4) is 0 Å². The molecule has 7 aliphatic rings. The number of rotatable bonds is 4. The van der Waals surface area contributed by atoms with E-state index in [4.69, 9.17) is 4.74 Å². The van der Waals surface area contributed by atoms with Crippen LogP contribution in [0.5, 0.6) is 0 Å². The van der Waals surface area contributed by atoms with Crippen LogP contribution < -0.4 is 0 Å². The Hall–Kier alpha value is -3.91. The highest BCUT2D eigenvalue weighted by atomic mass is 19.4. The van der Waals surface area contributed by atoms with Crippen molar-refractivity contribution in [2.75, 3.05) is 6.54 Å². The van der Waals surface area contributed by atoms with Gasteiger partial charge in [-0.3, -0.25) is 9.69 Å². The molecule has 3 spiro atoms. The number of amides is 1. The first-order valence-electron chi connectivity index (χ1n) is 18.0. The van der Waals surface area contributed by atoms with E-state index in [1.807, 2.05) is 23.1 Å². The Kier molecular flexibility index (Phi) is 6.62. The number of carbonyl (C=O) groups is 2. The number of halogens is 3. The fraction of sp³-hybridized carbons (Fsp3) is 0.476. The Morgan fingerprint density at radius 1 is 0.920 bits per heavy atom. The van der Waals surface area contributed by atoms with Crippen LogP contribution in [0, 0.1) is 33.5 Å². The number of aliphatic hydroxyl groups excluding tert-OH is 1. The Bertz CT molecular complexity index is 2020. The first kappa shape index (κ1) is 32.0. The van der Waals surface area contributed by atoms with Crippen LogP contribution in [0.25, 0.3) is 10.8 Å². The highest BCUT2D eigenvalue weighted by Crippen LogP contribution is 2.79. The van der Waals surface area contributed by atoms with E-state index in [-0.39, 0.29) is 34.7 Å². The molecule has 8 heteroatoms. The molecule has 260 valence electrons. The molecule has 1 N–H and O–H groups in total. The minimum atomic E-state index is -4.58. The number of hydrogen-bond acceptors (Lipinski definition) is 4. The predicted molar refractivity (Wildman–Crippen MR) is 183 cm³/mol. The number of ketones is 1. The van der Waals surface area contributed by atoms with E-state index < -0.39 is 39.7 Å². The summed E-state index contributed by atoms with van der Waals surface area (Å²) in [5.74, 6) is -0.393. The molecule has 10 rings (SSSR count). The second-order valence-corrected chi connectivity index (χ2v) is 16.5. The minimum Gasteiger partial charge on any atom is -0.440 e. The summed E-state index contributed by atoms with van der Waals surface area (Å²) in [5.41, 5.74) is -1.98. The number of aliphatic hydroxyl groups is 1. The quantitative estimate of drug-likeness (QED) is 0.220. The summed E-state index contributed by atoms with van der Waals surface area (Å²) in [5, 5.41) is 13.2. The molecule has 4 fully saturated rings. The van der Waals surface area contributed by atoms with E-state index in [9.17, 15) is 27.9 Å². The van der Waals surface area contributed by atoms with Gasteiger partial charge in [0.1, 0.15) is 5.60 Å². The summed E-state index contributed by atoms with van der Waals surface area (Å²) in [7, 11) is 0. The molecule has 3 saturated carbocycles. The van der Waals surface area contributed by atoms with E-state index >= 15 is 0 Å². The fourth-order valence-corrected chi connectivity index (χ4v) is 12.1. The van der Waals surface area contributed by atoms with Crippen molar-refractivity contribution < 1.29 is 32.6 Å². The van der Waals surface area contributed by atoms with Gasteiger partial charge in [-0.15, -0.1) is 0 Å². The number of hydrogen-bond donors (Lipinski definition) is 1. The van der Waals surface area contributed by atoms with Crippen molar-refractivity contribution in [3.05, 3.63) is 107 Å². The van der Waals surface area contributed by atoms with Crippen molar-refractivity contribution in [1.82, 2.24) is 4.90 Å². The molecule has 1 heterocycles. The lowest BCUT2D eigenvalue weighted by Crippen LogP contribution is -2.67. The molecule has 5 nitrogen and oxygen atoms in total. The van der Waals surface area contributed by atoms with Gasteiger partial charge in [0.25, 0.3) is 0 Å². The monoisotopic (exact) mass is 681 g/mol. The molecule has 0 radical (unpaired) electrons. The van der Waals surface area contributed by atoms with Gasteiger partial charge in [-0.05, 0) is 90.7 Å². The number of ether oxygens (including phenoxy) is 1. The van der Waals surface area contributed by atoms with Gasteiger partial charge in [0.05, 0.1) is 18.2 Å². The van der Waals surface area contributed by atoms with Crippen LogP contribution in [-0.4, -0.2) is 40.1 Å². The van der Waals surface area contributed by atoms with Gasteiger partial charge in [-0.25, -0.2) is 4.79 Å². The van der Waals surface area contributed by atoms with Crippen LogP contribution in [0.1, 0.15) is 80.3 Å². The predicted octanol–water partition coefficient (Wildman–Crippen LogP) is 9.29. The molecule has 3 aromatic carbocycles. The van der Waals surface area contributed by atoms with Crippen LogP contribution in [-0.2, 0) is 17.5 Å². The van der Waals surface area contributed by atoms with Gasteiger partial charge in [0, 0.05) is 33.9 Å². The Morgan fingerprint density at radius 2 is 1.64 bits per heavy atom. The zero-order chi connectivity index (χ0) is 34.9. The summed E-state index contributed by atoms with van der Waals surface area (Å²) >= 11 is 0. The minimum absolute atomic E-state index is 0.0307. The van der Waals surface area contributed by atoms with E-state index in [1.54, 1.807) is 0 Å². The van der Waals surface area contributed by atoms with Crippen LogP contribution in [0.4, 0.5) is 18.0 Å². The third kappa shape index (κ3) is 4.05. The molecule has 1 aliphatic heterocycles. The second kappa shape index (κ2) is 10.3. The van der Waals surface area contributed by atoms with E-state index in [1.165, 1.54) is 12.1 Å². The first-order valence-corrected chi connectivity index (χ1v) is 18.0. The van der Waals surface area contributed by atoms with Gasteiger partial charge in [0.2, 0.25) is 0 Å². The number of fused-ring (bicyclic) bond motifs is 3. The maximum atomic E-state index is 14.8. The Labute approximate surface area is 290 Å². The van der Waals surface area contributed by atoms with E-state index in [0.717, 1.165) is 54.2 Å². The van der Waals surface area contributed by atoms with Crippen molar-refractivity contribution >= 4 is 22.6 Å². The molecule has 6 aliphatic carbocycles. The van der Waals surface area contributed by atoms with E-state index in [2.05, 4.69) is 56.3 Å². The van der Waals surface area contributed by atoms with Crippen molar-refractivity contribution in [1.29, 1.82) is 0 Å². The van der Waals surface area contributed by atoms with Gasteiger partial charge >= 0.3 is 12.3 Å². The number of Topliss-reactive ketones (excluding diaryl/α,β-unsaturated/α-hetero) is 1. The number of allylic oxidation sites excluding steroid dienone is 4. The molecule has 50 heavy (non-hydrogen) atoms. The highest BCUT2D eigenvalue weighted by molar-refractivity contribution is 6.10. The summed E-state index contributed by atoms with van der Waals surface area (Å²) < 4.78 is 48.1. The zero-order valence-electron chi connectivity index (χ0n) is 28.4. The zero-order valence-corrected chi connectivity index (χ0v) is 28.4. The number of nitrogens with zero attached hydrogens (tertiary/aromatic N) is 1. The normalized spacial score (nSPS) is 38.5. The van der Waals surface area contributed by atoms with Crippen molar-refractivity contribution in [3.8, 4) is 0 Å². The molecule has 1 saturated heterocycles. The molecule has 1 amide bonds. The van der Waals surface area contributed by atoms with Crippen LogP contribution in [0.15, 0.2) is 90.5 Å². The molecular formula is C42H42F3NO4. The van der Waals surface area contributed by atoms with Gasteiger partial charge in [-0.1, -0.05) is 86.7 Å². The SMILES string of the molecule is CC12CCC(O)CC13C=CC1(C(C(=O)c4cccc(C(F)(F)F)c4)=C3)C2CCC2(C)C1CCC21CN(Cc2cccc3ccccc23)C(=O)O1. The third-order valence-electron chi connectivity index (χ3n) is 14.6. The summed E-state index contributed by atoms with van der Waals surface area (Å²) in [4.78, 5) is 30.4. The first-order chi connectivity index (χ1) is 23.8. The standard InChI is InChI=1S/C42H42F3NO4/c1-37-16-13-30(47)22-39(37)19-20-41(32(23-39)35(48)27-9-6-11-29(21-27)42(43,44)45)33(37)14-17-38(2)34(41)15-18-40(38)25-46(36(49)50-40)24-28-10-5-8-26-7-3-4-12-31(26)28/h3-12,19-21,23,30,33-34,47H,13-18,22,24-25H2,1-2H3. The van der Waals surface area contributed by atoms with Gasteiger partial charge in [-0.2, -0.15) is 13.2 Å². The number of benzene rings is 3. The third-order valence-corrected chi connectivity index (χ3v) is 14.6. The fourth-order valence-electron chi connectivity index (χ4n) is 12.1. The molecule has 3 aromatic rings. The summed E-state index contributed by atoms with van der Waals surface area (Å²) in [6.07, 6.45) is 6.01. The molecule has 8 unspecified atom stereocenters. The van der Waals surface area contributed by atoms with Gasteiger partial charge < -0.3 is 9.84 Å². The smallest absolute Gasteiger partial charge is 0.416 e. The number of carbonyl (C=O) groups excluding carboxylic acids is 2. The Balaban J connectivity index is 1.13. The topological polar surface area (TPSA) is 66.8 Å². The molecule has 8 atom stereocenters. The maximum absolute atomic E-state index is 14.8. The summed E-state index contributed by atoms with van der Waals surface area (Å²) in [6, 6.07) is 19.1. The lowest BCUT2D eigenvalue weighted by Gasteiger charge is -2.71.